The Morgan fingerprint density at radius 2 is 2.04 bits per heavy atom. The molecule has 28 heavy (non-hydrogen) atoms. The van der Waals surface area contributed by atoms with Gasteiger partial charge in [-0.3, -0.25) is 19.3 Å². The number of carbonyl (C=O) groups excluding carboxylic acids is 1. The van der Waals surface area contributed by atoms with Crippen LogP contribution in [0.15, 0.2) is 12.4 Å². The number of likely N-dealkylation sites (N-methyl/N-ethyl adjacent to an activating group) is 1. The van der Waals surface area contributed by atoms with Gasteiger partial charge < -0.3 is 9.64 Å². The summed E-state index contributed by atoms with van der Waals surface area (Å²) in [5.41, 5.74) is 1.30. The van der Waals surface area contributed by atoms with Crippen molar-refractivity contribution in [2.45, 2.75) is 51.9 Å². The Morgan fingerprint density at radius 3 is 2.64 bits per heavy atom. The maximum atomic E-state index is 12.8. The summed E-state index contributed by atoms with van der Waals surface area (Å²) in [6.45, 7) is 11.3. The van der Waals surface area contributed by atoms with Crippen LogP contribution in [0, 0.1) is 5.92 Å². The Morgan fingerprint density at radius 1 is 1.32 bits per heavy atom. The highest BCUT2D eigenvalue weighted by Gasteiger charge is 2.34. The molecule has 7 nitrogen and oxygen atoms in total. The Labute approximate surface area is 169 Å². The Kier molecular flexibility index (Phi) is 7.12. The van der Waals surface area contributed by atoms with Crippen LogP contribution >= 0.6 is 0 Å². The molecule has 0 bridgehead atoms. The molecule has 2 saturated heterocycles. The lowest BCUT2D eigenvalue weighted by Gasteiger charge is -2.42. The van der Waals surface area contributed by atoms with E-state index in [9.17, 15) is 4.79 Å². The average molecular weight is 392 g/mol. The van der Waals surface area contributed by atoms with E-state index >= 15 is 0 Å². The number of hydrogen-bond acceptors (Lipinski definition) is 5. The van der Waals surface area contributed by atoms with Crippen molar-refractivity contribution in [2.24, 2.45) is 13.0 Å². The fourth-order valence-corrected chi connectivity index (χ4v) is 4.95. The van der Waals surface area contributed by atoms with Crippen molar-refractivity contribution in [3.8, 4) is 0 Å². The highest BCUT2D eigenvalue weighted by atomic mass is 16.5. The molecule has 4 atom stereocenters. The number of carbonyl (C=O) groups is 1. The van der Waals surface area contributed by atoms with E-state index in [0.717, 1.165) is 19.6 Å². The molecule has 3 rings (SSSR count). The standard InChI is InChI=1S/C21H37N5O2/c1-6-25-9-7-8-18(21(25)19-10-22-24(5)14-19)13-23(4)15-20(27)26-11-16(2)28-17(3)12-26/h10,14,16-18,21H,6-9,11-13,15H2,1-5H3/t16-,17-,18+,21-/m1/s1. The zero-order valence-electron chi connectivity index (χ0n) is 18.2. The minimum Gasteiger partial charge on any atom is -0.372 e. The third-order valence-electron chi connectivity index (χ3n) is 6.06. The topological polar surface area (TPSA) is 53.8 Å². The van der Waals surface area contributed by atoms with Gasteiger partial charge in [0.2, 0.25) is 5.91 Å². The van der Waals surface area contributed by atoms with E-state index in [4.69, 9.17) is 4.74 Å². The molecule has 0 unspecified atom stereocenters. The second-order valence-electron chi connectivity index (χ2n) is 8.68. The van der Waals surface area contributed by atoms with Crippen molar-refractivity contribution in [2.75, 3.05) is 46.3 Å². The molecule has 0 radical (unpaired) electrons. The number of likely N-dealkylation sites (tertiary alicyclic amines) is 1. The predicted molar refractivity (Wildman–Crippen MR) is 110 cm³/mol. The summed E-state index contributed by atoms with van der Waals surface area (Å²) >= 11 is 0. The number of amides is 1. The molecule has 1 aromatic heterocycles. The molecule has 2 aliphatic rings. The van der Waals surface area contributed by atoms with Gasteiger partial charge in [0.15, 0.2) is 0 Å². The lowest BCUT2D eigenvalue weighted by atomic mass is 9.85. The van der Waals surface area contributed by atoms with Crippen LogP contribution in [0.2, 0.25) is 0 Å². The fourth-order valence-electron chi connectivity index (χ4n) is 4.95. The minimum atomic E-state index is 0.115. The zero-order chi connectivity index (χ0) is 20.3. The van der Waals surface area contributed by atoms with Gasteiger partial charge in [0, 0.05) is 44.5 Å². The fraction of sp³-hybridized carbons (Fsp3) is 0.810. The second kappa shape index (κ2) is 9.37. The van der Waals surface area contributed by atoms with E-state index in [2.05, 4.69) is 35.1 Å². The first-order chi connectivity index (χ1) is 13.4. The molecular formula is C21H37N5O2. The molecule has 158 valence electrons. The van der Waals surface area contributed by atoms with Crippen molar-refractivity contribution >= 4 is 5.91 Å². The summed E-state index contributed by atoms with van der Waals surface area (Å²) in [6, 6.07) is 0.383. The van der Waals surface area contributed by atoms with Crippen LogP contribution in [0.5, 0.6) is 0 Å². The number of ether oxygens (including phenoxy) is 1. The first kappa shape index (κ1) is 21.3. The summed E-state index contributed by atoms with van der Waals surface area (Å²) in [5.74, 6) is 0.726. The largest absolute Gasteiger partial charge is 0.372 e. The van der Waals surface area contributed by atoms with E-state index in [0.29, 0.717) is 31.6 Å². The van der Waals surface area contributed by atoms with Crippen molar-refractivity contribution in [1.29, 1.82) is 0 Å². The van der Waals surface area contributed by atoms with Crippen LogP contribution in [-0.2, 0) is 16.6 Å². The number of aryl methyl sites for hydroxylation is 1. The number of morpholine rings is 1. The monoisotopic (exact) mass is 391 g/mol. The van der Waals surface area contributed by atoms with Gasteiger partial charge in [0.25, 0.3) is 0 Å². The molecule has 0 N–H and O–H groups in total. The third-order valence-corrected chi connectivity index (χ3v) is 6.06. The molecule has 0 aromatic carbocycles. The Balaban J connectivity index is 1.62. The van der Waals surface area contributed by atoms with Gasteiger partial charge >= 0.3 is 0 Å². The number of piperidine rings is 1. The summed E-state index contributed by atoms with van der Waals surface area (Å²) < 4.78 is 7.65. The molecular weight excluding hydrogens is 354 g/mol. The van der Waals surface area contributed by atoms with Crippen molar-refractivity contribution in [3.63, 3.8) is 0 Å². The van der Waals surface area contributed by atoms with E-state index in [1.54, 1.807) is 0 Å². The SMILES string of the molecule is CCN1CCC[C@@H](CN(C)CC(=O)N2C[C@@H](C)O[C@H](C)C2)[C@@H]1c1cnn(C)c1. The summed E-state index contributed by atoms with van der Waals surface area (Å²) in [4.78, 5) is 19.6. The Hall–Kier alpha value is -1.44. The van der Waals surface area contributed by atoms with Gasteiger partial charge in [-0.05, 0) is 52.7 Å². The number of nitrogens with zero attached hydrogens (tertiary/aromatic N) is 5. The minimum absolute atomic E-state index is 0.115. The van der Waals surface area contributed by atoms with E-state index in [1.807, 2.05) is 36.7 Å². The van der Waals surface area contributed by atoms with E-state index < -0.39 is 0 Å². The van der Waals surface area contributed by atoms with Gasteiger partial charge in [-0.25, -0.2) is 0 Å². The molecule has 3 heterocycles. The lowest BCUT2D eigenvalue weighted by Crippen LogP contribution is -2.51. The van der Waals surface area contributed by atoms with Gasteiger partial charge in [0.05, 0.1) is 24.9 Å². The van der Waals surface area contributed by atoms with Crippen LogP contribution < -0.4 is 0 Å². The van der Waals surface area contributed by atoms with Crippen molar-refractivity contribution in [3.05, 3.63) is 18.0 Å². The molecule has 2 fully saturated rings. The molecule has 1 aromatic rings. The molecule has 0 spiro atoms. The van der Waals surface area contributed by atoms with Crippen LogP contribution in [-0.4, -0.2) is 88.9 Å². The molecule has 7 heteroatoms. The molecule has 0 saturated carbocycles. The number of rotatable bonds is 6. The van der Waals surface area contributed by atoms with Gasteiger partial charge in [-0.15, -0.1) is 0 Å². The predicted octanol–water partition coefficient (Wildman–Crippen LogP) is 1.76. The van der Waals surface area contributed by atoms with Crippen LogP contribution in [0.4, 0.5) is 0 Å². The van der Waals surface area contributed by atoms with Gasteiger partial charge in [-0.2, -0.15) is 5.10 Å². The van der Waals surface area contributed by atoms with Crippen molar-refractivity contribution in [1.82, 2.24) is 24.5 Å². The maximum Gasteiger partial charge on any atom is 0.236 e. The first-order valence-corrected chi connectivity index (χ1v) is 10.7. The van der Waals surface area contributed by atoms with E-state index in [-0.39, 0.29) is 18.1 Å². The first-order valence-electron chi connectivity index (χ1n) is 10.7. The quantitative estimate of drug-likeness (QED) is 0.740. The highest BCUT2D eigenvalue weighted by molar-refractivity contribution is 5.78. The normalized spacial score (nSPS) is 29.4. The summed E-state index contributed by atoms with van der Waals surface area (Å²) in [5, 5.41) is 4.40. The smallest absolute Gasteiger partial charge is 0.236 e. The summed E-state index contributed by atoms with van der Waals surface area (Å²) in [6.07, 6.45) is 6.80. The molecule has 0 aliphatic carbocycles. The van der Waals surface area contributed by atoms with E-state index in [1.165, 1.54) is 18.4 Å². The van der Waals surface area contributed by atoms with Crippen molar-refractivity contribution < 1.29 is 9.53 Å². The third kappa shape index (κ3) is 5.13. The second-order valence-corrected chi connectivity index (χ2v) is 8.68. The average Bonchev–Trinajstić information content (AvgIpc) is 3.06. The molecule has 2 aliphatic heterocycles. The Bertz CT molecular complexity index is 638. The van der Waals surface area contributed by atoms with Gasteiger partial charge in [0.1, 0.15) is 0 Å². The van der Waals surface area contributed by atoms with Gasteiger partial charge in [-0.1, -0.05) is 6.92 Å². The number of hydrogen-bond donors (Lipinski definition) is 0. The van der Waals surface area contributed by atoms with Crippen LogP contribution in [0.25, 0.3) is 0 Å². The highest BCUT2D eigenvalue weighted by Crippen LogP contribution is 2.36. The maximum absolute atomic E-state index is 12.8. The molecule has 1 amide bonds. The van der Waals surface area contributed by atoms with Crippen LogP contribution in [0.3, 0.4) is 0 Å². The lowest BCUT2D eigenvalue weighted by molar-refractivity contribution is -0.144. The number of aromatic nitrogens is 2. The van der Waals surface area contributed by atoms with Crippen LogP contribution in [0.1, 0.15) is 45.2 Å². The summed E-state index contributed by atoms with van der Waals surface area (Å²) in [7, 11) is 4.06. The zero-order valence-corrected chi connectivity index (χ0v) is 18.2.